The Labute approximate surface area is 167 Å². The van der Waals surface area contributed by atoms with Gasteiger partial charge in [0.25, 0.3) is 5.91 Å². The van der Waals surface area contributed by atoms with Crippen LogP contribution < -0.4 is 0 Å². The number of thiazole rings is 1. The number of carbonyl (C=O) groups is 1. The Balaban J connectivity index is 1.74. The van der Waals surface area contributed by atoms with Crippen LogP contribution in [0.15, 0.2) is 48.1 Å². The lowest BCUT2D eigenvalue weighted by Gasteiger charge is -2.18. The van der Waals surface area contributed by atoms with Crippen LogP contribution in [0.2, 0.25) is 0 Å². The average Bonchev–Trinajstić information content (AvgIpc) is 3.35. The Bertz CT molecular complexity index is 1150. The molecule has 0 radical (unpaired) electrons. The second kappa shape index (κ2) is 7.52. The van der Waals surface area contributed by atoms with Gasteiger partial charge in [-0.1, -0.05) is 18.2 Å². The van der Waals surface area contributed by atoms with Gasteiger partial charge in [0, 0.05) is 36.1 Å². The van der Waals surface area contributed by atoms with Crippen molar-refractivity contribution in [3.63, 3.8) is 0 Å². The van der Waals surface area contributed by atoms with E-state index in [0.717, 1.165) is 39.4 Å². The summed E-state index contributed by atoms with van der Waals surface area (Å²) >= 11 is 1.59. The summed E-state index contributed by atoms with van der Waals surface area (Å²) in [6, 6.07) is 9.60. The van der Waals surface area contributed by atoms with Crippen LogP contribution in [-0.4, -0.2) is 37.6 Å². The number of fused-ring (bicyclic) bond motifs is 1. The molecule has 0 fully saturated rings. The van der Waals surface area contributed by atoms with Crippen molar-refractivity contribution < 1.29 is 4.79 Å². The van der Waals surface area contributed by atoms with Gasteiger partial charge in [-0.15, -0.1) is 11.3 Å². The van der Waals surface area contributed by atoms with Crippen LogP contribution in [-0.2, 0) is 13.1 Å². The molecule has 142 valence electrons. The predicted molar refractivity (Wildman–Crippen MR) is 111 cm³/mol. The van der Waals surface area contributed by atoms with Crippen molar-refractivity contribution in [2.75, 3.05) is 7.05 Å². The zero-order chi connectivity index (χ0) is 19.7. The quantitative estimate of drug-likeness (QED) is 0.513. The number of nitrogens with zero attached hydrogens (tertiary/aromatic N) is 5. The first kappa shape index (κ1) is 18.3. The molecular formula is C21H21N5OS. The van der Waals surface area contributed by atoms with Gasteiger partial charge in [-0.3, -0.25) is 9.48 Å². The molecular weight excluding hydrogens is 370 g/mol. The summed E-state index contributed by atoms with van der Waals surface area (Å²) < 4.78 is 1.85. The van der Waals surface area contributed by atoms with E-state index in [0.29, 0.717) is 12.1 Å². The van der Waals surface area contributed by atoms with Crippen LogP contribution in [0.3, 0.4) is 0 Å². The lowest BCUT2D eigenvalue weighted by Crippen LogP contribution is -2.26. The topological polar surface area (TPSA) is 63.9 Å². The molecule has 0 saturated heterocycles. The van der Waals surface area contributed by atoms with Crippen LogP contribution >= 0.6 is 11.3 Å². The van der Waals surface area contributed by atoms with E-state index in [9.17, 15) is 4.79 Å². The summed E-state index contributed by atoms with van der Waals surface area (Å²) in [7, 11) is 1.81. The van der Waals surface area contributed by atoms with Crippen molar-refractivity contribution in [2.24, 2.45) is 0 Å². The Kier molecular flexibility index (Phi) is 4.92. The second-order valence-corrected chi connectivity index (χ2v) is 7.74. The van der Waals surface area contributed by atoms with Crippen molar-refractivity contribution in [2.45, 2.75) is 26.9 Å². The van der Waals surface area contributed by atoms with Crippen LogP contribution in [0.1, 0.15) is 28.0 Å². The predicted octanol–water partition coefficient (Wildman–Crippen LogP) is 4.16. The minimum Gasteiger partial charge on any atom is -0.336 e. The van der Waals surface area contributed by atoms with Crippen LogP contribution in [0.25, 0.3) is 22.2 Å². The molecule has 0 bridgehead atoms. The fourth-order valence-corrected chi connectivity index (χ4v) is 3.77. The number of benzene rings is 1. The first-order valence-electron chi connectivity index (χ1n) is 9.14. The Hall–Kier alpha value is -3.06. The maximum Gasteiger partial charge on any atom is 0.254 e. The van der Waals surface area contributed by atoms with Crippen molar-refractivity contribution >= 4 is 28.1 Å². The molecule has 7 heteroatoms. The highest BCUT2D eigenvalue weighted by atomic mass is 32.1. The van der Waals surface area contributed by atoms with Gasteiger partial charge in [-0.05, 0) is 26.0 Å². The Morgan fingerprint density at radius 3 is 2.79 bits per heavy atom. The number of hydrogen-bond donors (Lipinski definition) is 0. The van der Waals surface area contributed by atoms with Gasteiger partial charge in [0.05, 0.1) is 40.2 Å². The molecule has 0 unspecified atom stereocenters. The first-order valence-corrected chi connectivity index (χ1v) is 10.0. The fraction of sp³-hybridized carbons (Fsp3) is 0.238. The van der Waals surface area contributed by atoms with Crippen molar-refractivity contribution in [3.05, 3.63) is 64.4 Å². The lowest BCUT2D eigenvalue weighted by atomic mass is 10.0. The second-order valence-electron chi connectivity index (χ2n) is 6.68. The highest BCUT2D eigenvalue weighted by molar-refractivity contribution is 7.09. The third kappa shape index (κ3) is 3.53. The average molecular weight is 392 g/mol. The van der Waals surface area contributed by atoms with E-state index in [2.05, 4.69) is 10.1 Å². The van der Waals surface area contributed by atoms with E-state index in [-0.39, 0.29) is 5.91 Å². The third-order valence-electron chi connectivity index (χ3n) is 4.61. The zero-order valence-corrected chi connectivity index (χ0v) is 16.9. The molecule has 1 aromatic carbocycles. The summed E-state index contributed by atoms with van der Waals surface area (Å²) in [5, 5.41) is 8.18. The molecule has 28 heavy (non-hydrogen) atoms. The molecule has 0 atom stereocenters. The molecule has 0 spiro atoms. The Morgan fingerprint density at radius 1 is 1.25 bits per heavy atom. The minimum absolute atomic E-state index is 0.0478. The van der Waals surface area contributed by atoms with Gasteiger partial charge in [0.2, 0.25) is 0 Å². The molecule has 3 aromatic heterocycles. The number of para-hydroxylation sites is 1. The lowest BCUT2D eigenvalue weighted by molar-refractivity contribution is 0.0785. The SMILES string of the molecule is CCn1cc(-c2cc(C(=O)N(C)Cc3csc(C)n3)c3ccccc3n2)cn1. The number of rotatable bonds is 5. The summed E-state index contributed by atoms with van der Waals surface area (Å²) in [6.45, 7) is 5.27. The monoisotopic (exact) mass is 391 g/mol. The molecule has 0 N–H and O–H groups in total. The highest BCUT2D eigenvalue weighted by Gasteiger charge is 2.19. The smallest absolute Gasteiger partial charge is 0.254 e. The summed E-state index contributed by atoms with van der Waals surface area (Å²) in [6.07, 6.45) is 3.74. The van der Waals surface area contributed by atoms with Gasteiger partial charge >= 0.3 is 0 Å². The van der Waals surface area contributed by atoms with E-state index in [1.54, 1.807) is 29.5 Å². The van der Waals surface area contributed by atoms with Gasteiger partial charge in [0.15, 0.2) is 0 Å². The molecule has 0 saturated carbocycles. The molecule has 1 amide bonds. The van der Waals surface area contributed by atoms with Gasteiger partial charge < -0.3 is 4.90 Å². The molecule has 0 aliphatic heterocycles. The third-order valence-corrected chi connectivity index (χ3v) is 5.43. The van der Waals surface area contributed by atoms with E-state index >= 15 is 0 Å². The fourth-order valence-electron chi connectivity index (χ4n) is 3.17. The largest absolute Gasteiger partial charge is 0.336 e. The number of amides is 1. The van der Waals surface area contributed by atoms with Crippen molar-refractivity contribution in [3.8, 4) is 11.3 Å². The molecule has 4 aromatic rings. The summed E-state index contributed by atoms with van der Waals surface area (Å²) in [5.41, 5.74) is 3.99. The Morgan fingerprint density at radius 2 is 2.07 bits per heavy atom. The molecule has 0 aliphatic carbocycles. The standard InChI is InChI=1S/C21H21N5OS/c1-4-26-11-15(10-22-26)20-9-18(17-7-5-6-8-19(17)24-20)21(27)25(3)12-16-13-28-14(2)23-16/h5-11,13H,4,12H2,1-3H3. The molecule has 0 aliphatic rings. The first-order chi connectivity index (χ1) is 13.5. The highest BCUT2D eigenvalue weighted by Crippen LogP contribution is 2.26. The molecule has 3 heterocycles. The van der Waals surface area contributed by atoms with E-state index in [4.69, 9.17) is 4.98 Å². The van der Waals surface area contributed by atoms with Crippen molar-refractivity contribution in [1.82, 2.24) is 24.6 Å². The summed E-state index contributed by atoms with van der Waals surface area (Å²) in [5.74, 6) is -0.0478. The van der Waals surface area contributed by atoms with Gasteiger partial charge in [-0.2, -0.15) is 5.10 Å². The van der Waals surface area contributed by atoms with Crippen LogP contribution in [0, 0.1) is 6.92 Å². The number of aromatic nitrogens is 4. The molecule has 4 rings (SSSR count). The number of hydrogen-bond acceptors (Lipinski definition) is 5. The molecule has 6 nitrogen and oxygen atoms in total. The van der Waals surface area contributed by atoms with E-state index in [1.807, 2.05) is 60.4 Å². The van der Waals surface area contributed by atoms with Crippen molar-refractivity contribution in [1.29, 1.82) is 0 Å². The minimum atomic E-state index is -0.0478. The van der Waals surface area contributed by atoms with Crippen LogP contribution in [0.5, 0.6) is 0 Å². The maximum atomic E-state index is 13.3. The van der Waals surface area contributed by atoms with Crippen LogP contribution in [0.4, 0.5) is 0 Å². The van der Waals surface area contributed by atoms with E-state index in [1.165, 1.54) is 0 Å². The number of pyridine rings is 1. The zero-order valence-electron chi connectivity index (χ0n) is 16.1. The number of aryl methyl sites for hydroxylation is 2. The maximum absolute atomic E-state index is 13.3. The van der Waals surface area contributed by atoms with E-state index < -0.39 is 0 Å². The number of carbonyl (C=O) groups excluding carboxylic acids is 1. The normalized spacial score (nSPS) is 11.1. The van der Waals surface area contributed by atoms with Gasteiger partial charge in [0.1, 0.15) is 0 Å². The van der Waals surface area contributed by atoms with Gasteiger partial charge in [-0.25, -0.2) is 9.97 Å². The summed E-state index contributed by atoms with van der Waals surface area (Å²) in [4.78, 5) is 24.2.